The second-order valence-corrected chi connectivity index (χ2v) is 10.2. The molecule has 1 aliphatic carbocycles. The minimum Gasteiger partial charge on any atom is -0.490 e. The van der Waals surface area contributed by atoms with E-state index < -0.39 is 5.97 Å². The summed E-state index contributed by atoms with van der Waals surface area (Å²) >= 11 is 0. The zero-order valence-electron chi connectivity index (χ0n) is 23.2. The van der Waals surface area contributed by atoms with Crippen LogP contribution in [-0.4, -0.2) is 44.6 Å². The molecule has 10 heteroatoms. The zero-order chi connectivity index (χ0) is 29.5. The largest absolute Gasteiger partial charge is 0.490 e. The molecule has 0 saturated heterocycles. The zero-order valence-corrected chi connectivity index (χ0v) is 23.2. The van der Waals surface area contributed by atoms with Crippen LogP contribution in [0.5, 0.6) is 17.4 Å². The van der Waals surface area contributed by atoms with Crippen LogP contribution in [-0.2, 0) is 18.3 Å². The summed E-state index contributed by atoms with van der Waals surface area (Å²) in [5.74, 6) is 0.216. The Kier molecular flexibility index (Phi) is 8.81. The minimum absolute atomic E-state index is 0.0287. The number of aryl methyl sites for hydroxylation is 1. The molecule has 2 aromatic carbocycles. The topological polar surface area (TPSA) is 132 Å². The maximum Gasteiger partial charge on any atom is 0.337 e. The van der Waals surface area contributed by atoms with Gasteiger partial charge in [-0.25, -0.2) is 9.78 Å². The predicted octanol–water partition coefficient (Wildman–Crippen LogP) is 5.21. The summed E-state index contributed by atoms with van der Waals surface area (Å²) in [7, 11) is 1.86. The van der Waals surface area contributed by atoms with E-state index in [-0.39, 0.29) is 41.6 Å². The molecule has 1 aliphatic rings. The van der Waals surface area contributed by atoms with E-state index in [0.717, 1.165) is 31.4 Å². The molecule has 2 aromatic heterocycles. The van der Waals surface area contributed by atoms with Gasteiger partial charge in [0.05, 0.1) is 23.8 Å². The van der Waals surface area contributed by atoms with E-state index in [4.69, 9.17) is 9.47 Å². The first-order valence-corrected chi connectivity index (χ1v) is 13.8. The molecule has 0 aliphatic heterocycles. The van der Waals surface area contributed by atoms with E-state index in [1.165, 1.54) is 6.07 Å². The molecule has 0 spiro atoms. The van der Waals surface area contributed by atoms with Crippen LogP contribution in [0.15, 0.2) is 85.2 Å². The van der Waals surface area contributed by atoms with E-state index in [2.05, 4.69) is 15.6 Å². The Hall–Kier alpha value is -5.12. The molecule has 2 heterocycles. The average Bonchev–Trinajstić information content (AvgIpc) is 3.42. The van der Waals surface area contributed by atoms with Gasteiger partial charge in [-0.15, -0.1) is 0 Å². The second-order valence-electron chi connectivity index (χ2n) is 10.2. The van der Waals surface area contributed by atoms with Gasteiger partial charge in [0.2, 0.25) is 11.8 Å². The SMILES string of the molecule is Cn1cccc1C(=O)NC1CCC(Oc2ccc(Oc3ccc(CC(=O)Nc4ccccc4C(=O)O)cn3)cc2)CC1. The Morgan fingerprint density at radius 2 is 1.67 bits per heavy atom. The standard InChI is InChI=1S/C32H32N4O6/c1-36-18-4-7-28(36)31(38)34-22-9-11-23(12-10-22)41-24-13-15-25(16-14-24)42-30-17-8-21(20-33-30)19-29(37)35-27-6-3-2-5-26(27)32(39)40/h2-8,13-18,20,22-23H,9-12,19H2,1H3,(H,34,38)(H,35,37)(H,39,40). The van der Waals surface area contributed by atoms with Crippen molar-refractivity contribution in [2.75, 3.05) is 5.32 Å². The van der Waals surface area contributed by atoms with Crippen molar-refractivity contribution in [1.82, 2.24) is 14.9 Å². The number of benzene rings is 2. The van der Waals surface area contributed by atoms with Gasteiger partial charge in [-0.05, 0) is 79.8 Å². The number of pyridine rings is 1. The number of aromatic nitrogens is 2. The summed E-state index contributed by atoms with van der Waals surface area (Å²) in [5, 5.41) is 15.0. The van der Waals surface area contributed by atoms with Crippen LogP contribution in [0.4, 0.5) is 5.69 Å². The summed E-state index contributed by atoms with van der Waals surface area (Å²) in [6.45, 7) is 0. The smallest absolute Gasteiger partial charge is 0.337 e. The molecular weight excluding hydrogens is 536 g/mol. The molecule has 10 nitrogen and oxygen atoms in total. The molecule has 2 amide bonds. The molecular formula is C32H32N4O6. The first kappa shape index (κ1) is 28.4. The number of nitrogens with one attached hydrogen (secondary N) is 2. The van der Waals surface area contributed by atoms with Gasteiger partial charge in [-0.2, -0.15) is 0 Å². The van der Waals surface area contributed by atoms with Crippen LogP contribution in [0.25, 0.3) is 0 Å². The number of carbonyl (C=O) groups excluding carboxylic acids is 2. The fraction of sp³-hybridized carbons (Fsp3) is 0.250. The lowest BCUT2D eigenvalue weighted by Gasteiger charge is -2.29. The van der Waals surface area contributed by atoms with E-state index in [1.807, 2.05) is 54.2 Å². The molecule has 1 fully saturated rings. The van der Waals surface area contributed by atoms with Crippen molar-refractivity contribution in [2.24, 2.45) is 7.05 Å². The third kappa shape index (κ3) is 7.34. The van der Waals surface area contributed by atoms with Crippen molar-refractivity contribution in [3.05, 3.63) is 102 Å². The molecule has 0 atom stereocenters. The average molecular weight is 569 g/mol. The fourth-order valence-corrected chi connectivity index (χ4v) is 4.92. The van der Waals surface area contributed by atoms with Crippen molar-refractivity contribution in [2.45, 2.75) is 44.2 Å². The van der Waals surface area contributed by atoms with Gasteiger partial charge in [0.15, 0.2) is 0 Å². The van der Waals surface area contributed by atoms with Gasteiger partial charge in [0, 0.05) is 31.5 Å². The molecule has 4 aromatic rings. The molecule has 42 heavy (non-hydrogen) atoms. The number of nitrogens with zero attached hydrogens (tertiary/aromatic N) is 2. The van der Waals surface area contributed by atoms with Gasteiger partial charge in [-0.1, -0.05) is 18.2 Å². The van der Waals surface area contributed by atoms with E-state index in [0.29, 0.717) is 22.9 Å². The third-order valence-corrected chi connectivity index (χ3v) is 7.13. The van der Waals surface area contributed by atoms with Crippen molar-refractivity contribution in [3.8, 4) is 17.4 Å². The van der Waals surface area contributed by atoms with Crippen LogP contribution in [0.3, 0.4) is 0 Å². The lowest BCUT2D eigenvalue weighted by molar-refractivity contribution is -0.115. The molecule has 0 radical (unpaired) electrons. The highest BCUT2D eigenvalue weighted by Gasteiger charge is 2.24. The number of carboxylic acids is 1. The van der Waals surface area contributed by atoms with E-state index >= 15 is 0 Å². The normalized spacial score (nSPS) is 16.3. The van der Waals surface area contributed by atoms with E-state index in [9.17, 15) is 19.5 Å². The number of para-hydroxylation sites is 1. The minimum atomic E-state index is -1.11. The lowest BCUT2D eigenvalue weighted by atomic mass is 9.93. The molecule has 3 N–H and O–H groups in total. The number of carboxylic acid groups (broad SMARTS) is 1. The van der Waals surface area contributed by atoms with E-state index in [1.54, 1.807) is 36.5 Å². The number of hydrogen-bond donors (Lipinski definition) is 3. The van der Waals surface area contributed by atoms with Crippen molar-refractivity contribution >= 4 is 23.5 Å². The summed E-state index contributed by atoms with van der Waals surface area (Å²) in [6, 6.07) is 20.8. The van der Waals surface area contributed by atoms with Gasteiger partial charge in [0.1, 0.15) is 17.2 Å². The number of rotatable bonds is 10. The van der Waals surface area contributed by atoms with Gasteiger partial charge in [0.25, 0.3) is 5.91 Å². The number of hydrogen-bond acceptors (Lipinski definition) is 6. The highest BCUT2D eigenvalue weighted by Crippen LogP contribution is 2.27. The number of carbonyl (C=O) groups is 3. The summed E-state index contributed by atoms with van der Waals surface area (Å²) < 4.78 is 13.8. The maximum atomic E-state index is 12.5. The number of amides is 2. The summed E-state index contributed by atoms with van der Waals surface area (Å²) in [4.78, 5) is 40.5. The third-order valence-electron chi connectivity index (χ3n) is 7.13. The Labute approximate surface area is 243 Å². The fourth-order valence-electron chi connectivity index (χ4n) is 4.92. The quantitative estimate of drug-likeness (QED) is 0.239. The first-order chi connectivity index (χ1) is 20.3. The molecule has 0 unspecified atom stereocenters. The second kappa shape index (κ2) is 13.0. The van der Waals surface area contributed by atoms with Crippen LogP contribution in [0.2, 0.25) is 0 Å². The molecule has 0 bridgehead atoms. The monoisotopic (exact) mass is 568 g/mol. The number of anilines is 1. The van der Waals surface area contributed by atoms with Gasteiger partial charge in [-0.3, -0.25) is 9.59 Å². The Morgan fingerprint density at radius 3 is 2.33 bits per heavy atom. The number of ether oxygens (including phenoxy) is 2. The number of aromatic carboxylic acids is 1. The Morgan fingerprint density at radius 1 is 0.929 bits per heavy atom. The van der Waals surface area contributed by atoms with Crippen LogP contribution >= 0.6 is 0 Å². The van der Waals surface area contributed by atoms with Gasteiger partial charge >= 0.3 is 5.97 Å². The summed E-state index contributed by atoms with van der Waals surface area (Å²) in [6.07, 6.45) is 6.97. The predicted molar refractivity (Wildman–Crippen MR) is 156 cm³/mol. The lowest BCUT2D eigenvalue weighted by Crippen LogP contribution is -2.40. The van der Waals surface area contributed by atoms with Crippen LogP contribution < -0.4 is 20.1 Å². The maximum absolute atomic E-state index is 12.5. The Bertz CT molecular complexity index is 1540. The van der Waals surface area contributed by atoms with Crippen molar-refractivity contribution in [3.63, 3.8) is 0 Å². The highest BCUT2D eigenvalue weighted by atomic mass is 16.5. The van der Waals surface area contributed by atoms with Crippen molar-refractivity contribution < 1.29 is 29.0 Å². The summed E-state index contributed by atoms with van der Waals surface area (Å²) in [5.41, 5.74) is 1.59. The van der Waals surface area contributed by atoms with Gasteiger partial charge < -0.3 is 29.8 Å². The van der Waals surface area contributed by atoms with Crippen LogP contribution in [0, 0.1) is 0 Å². The molecule has 1 saturated carbocycles. The van der Waals surface area contributed by atoms with Crippen LogP contribution in [0.1, 0.15) is 52.1 Å². The molecule has 5 rings (SSSR count). The highest BCUT2D eigenvalue weighted by molar-refractivity contribution is 6.01. The molecule has 216 valence electrons. The first-order valence-electron chi connectivity index (χ1n) is 13.8. The Balaban J connectivity index is 1.06. The van der Waals surface area contributed by atoms with Crippen molar-refractivity contribution in [1.29, 1.82) is 0 Å².